The highest BCUT2D eigenvalue weighted by Crippen LogP contribution is 2.57. The molecule has 6 heteroatoms. The minimum absolute atomic E-state index is 0.0345. The molecule has 128 valence electrons. The van der Waals surface area contributed by atoms with Crippen molar-refractivity contribution in [1.29, 1.82) is 0 Å². The van der Waals surface area contributed by atoms with Gasteiger partial charge in [0.1, 0.15) is 0 Å². The number of carbonyl (C=O) groups is 3. The van der Waals surface area contributed by atoms with E-state index in [9.17, 15) is 19.5 Å². The van der Waals surface area contributed by atoms with Crippen molar-refractivity contribution in [2.24, 2.45) is 23.7 Å². The van der Waals surface area contributed by atoms with Gasteiger partial charge in [-0.3, -0.25) is 9.59 Å². The first-order chi connectivity index (χ1) is 11.8. The van der Waals surface area contributed by atoms with Gasteiger partial charge >= 0.3 is 5.97 Å². The molecule has 4 atom stereocenters. The van der Waals surface area contributed by atoms with Crippen LogP contribution in [0.25, 0.3) is 0 Å². The van der Waals surface area contributed by atoms with Crippen LogP contribution in [0.5, 0.6) is 0 Å². The van der Waals surface area contributed by atoms with Crippen LogP contribution in [0.2, 0.25) is 5.02 Å². The monoisotopic (exact) mass is 357 g/mol. The molecule has 0 spiro atoms. The minimum Gasteiger partial charge on any atom is -0.478 e. The normalized spacial score (nSPS) is 29.6. The lowest BCUT2D eigenvalue weighted by Gasteiger charge is -2.19. The van der Waals surface area contributed by atoms with E-state index >= 15 is 0 Å². The summed E-state index contributed by atoms with van der Waals surface area (Å²) >= 11 is 5.89. The van der Waals surface area contributed by atoms with E-state index in [0.29, 0.717) is 0 Å². The van der Waals surface area contributed by atoms with Crippen molar-refractivity contribution in [1.82, 2.24) is 0 Å². The molecule has 5 nitrogen and oxygen atoms in total. The maximum Gasteiger partial charge on any atom is 0.337 e. The van der Waals surface area contributed by atoms with Gasteiger partial charge in [0, 0.05) is 11.8 Å². The van der Waals surface area contributed by atoms with E-state index in [-0.39, 0.29) is 39.9 Å². The zero-order chi connectivity index (χ0) is 18.0. The maximum absolute atomic E-state index is 13.0. The fourth-order valence-electron chi connectivity index (χ4n) is 4.50. The van der Waals surface area contributed by atoms with Gasteiger partial charge in [-0.15, -0.1) is 0 Å². The second-order valence-corrected chi connectivity index (χ2v) is 7.33. The summed E-state index contributed by atoms with van der Waals surface area (Å²) in [6.07, 6.45) is 4.04. The van der Waals surface area contributed by atoms with Gasteiger partial charge in [0.2, 0.25) is 11.8 Å². The van der Waals surface area contributed by atoms with E-state index in [1.807, 2.05) is 26.0 Å². The minimum atomic E-state index is -1.19. The number of fused-ring (bicyclic) bond motifs is 5. The number of aromatic carboxylic acids is 1. The highest BCUT2D eigenvalue weighted by molar-refractivity contribution is 6.34. The Bertz CT molecular complexity index is 863. The number of allylic oxidation sites excluding steroid dienone is 4. The van der Waals surface area contributed by atoms with Crippen LogP contribution in [0, 0.1) is 23.7 Å². The lowest BCUT2D eigenvalue weighted by atomic mass is 9.85. The van der Waals surface area contributed by atoms with Gasteiger partial charge in [0.25, 0.3) is 0 Å². The van der Waals surface area contributed by atoms with Crippen LogP contribution in [-0.2, 0) is 9.59 Å². The van der Waals surface area contributed by atoms with Crippen LogP contribution in [0.3, 0.4) is 0 Å². The van der Waals surface area contributed by atoms with Crippen molar-refractivity contribution >= 4 is 35.1 Å². The van der Waals surface area contributed by atoms with Crippen molar-refractivity contribution in [3.63, 3.8) is 0 Å². The Hall–Kier alpha value is -2.40. The van der Waals surface area contributed by atoms with E-state index in [0.717, 1.165) is 10.5 Å². The molecule has 2 aliphatic carbocycles. The number of anilines is 1. The van der Waals surface area contributed by atoms with E-state index in [2.05, 4.69) is 0 Å². The molecular weight excluding hydrogens is 342 g/mol. The fraction of sp³-hybridized carbons (Fsp3) is 0.316. The molecule has 2 amide bonds. The molecule has 25 heavy (non-hydrogen) atoms. The Morgan fingerprint density at radius 2 is 1.64 bits per heavy atom. The SMILES string of the molecule is CC(C)=C1[C@H]2C=C[C@@H]1[C@H]1C(=O)N(c3ccc(Cl)c(C(=O)O)c3)C(=O)[C@@H]12. The number of hydrogen-bond acceptors (Lipinski definition) is 3. The molecule has 0 unspecified atom stereocenters. The second-order valence-electron chi connectivity index (χ2n) is 6.92. The van der Waals surface area contributed by atoms with Crippen LogP contribution in [-0.4, -0.2) is 22.9 Å². The molecule has 1 heterocycles. The topological polar surface area (TPSA) is 74.7 Å². The number of carbonyl (C=O) groups excluding carboxylic acids is 2. The number of benzene rings is 1. The molecule has 1 aromatic carbocycles. The molecule has 1 saturated carbocycles. The first kappa shape index (κ1) is 16.1. The molecule has 3 aliphatic rings. The number of hydrogen-bond donors (Lipinski definition) is 1. The summed E-state index contributed by atoms with van der Waals surface area (Å²) in [6, 6.07) is 4.21. The molecule has 2 fully saturated rings. The van der Waals surface area contributed by atoms with Gasteiger partial charge in [0.15, 0.2) is 0 Å². The van der Waals surface area contributed by atoms with Gasteiger partial charge < -0.3 is 5.11 Å². The number of carboxylic acids is 1. The Morgan fingerprint density at radius 1 is 1.08 bits per heavy atom. The lowest BCUT2D eigenvalue weighted by molar-refractivity contribution is -0.122. The first-order valence-electron chi connectivity index (χ1n) is 8.09. The Labute approximate surface area is 149 Å². The zero-order valence-electron chi connectivity index (χ0n) is 13.7. The molecule has 1 aromatic rings. The Kier molecular flexibility index (Phi) is 3.41. The predicted molar refractivity (Wildman–Crippen MR) is 92.4 cm³/mol. The highest BCUT2D eigenvalue weighted by atomic mass is 35.5. The highest BCUT2D eigenvalue weighted by Gasteiger charge is 2.61. The van der Waals surface area contributed by atoms with Crippen LogP contribution in [0.1, 0.15) is 24.2 Å². The van der Waals surface area contributed by atoms with Gasteiger partial charge in [-0.1, -0.05) is 34.9 Å². The molecule has 1 saturated heterocycles. The summed E-state index contributed by atoms with van der Waals surface area (Å²) in [5.74, 6) is -2.57. The van der Waals surface area contributed by atoms with Crippen LogP contribution in [0.15, 0.2) is 41.5 Å². The third kappa shape index (κ3) is 2.05. The Morgan fingerprint density at radius 3 is 2.12 bits per heavy atom. The standard InChI is InChI=1S/C19H16ClNO4/c1-8(2)14-10-4-5-11(14)16-15(10)17(22)21(18(16)23)9-3-6-13(20)12(7-9)19(24)25/h3-7,10-11,15-16H,1-2H3,(H,24,25)/t10-,11+,15-,16-/m1/s1. The summed E-state index contributed by atoms with van der Waals surface area (Å²) in [7, 11) is 0. The third-order valence-electron chi connectivity index (χ3n) is 5.43. The van der Waals surface area contributed by atoms with Crippen LogP contribution >= 0.6 is 11.6 Å². The van der Waals surface area contributed by atoms with Crippen LogP contribution in [0.4, 0.5) is 5.69 Å². The quantitative estimate of drug-likeness (QED) is 0.651. The maximum atomic E-state index is 13.0. The molecule has 0 radical (unpaired) electrons. The smallest absolute Gasteiger partial charge is 0.337 e. The second kappa shape index (κ2) is 5.30. The van der Waals surface area contributed by atoms with E-state index < -0.39 is 17.8 Å². The number of imide groups is 1. The lowest BCUT2D eigenvalue weighted by Crippen LogP contribution is -2.33. The molecular formula is C19H16ClNO4. The summed E-state index contributed by atoms with van der Waals surface area (Å²) in [5.41, 5.74) is 2.48. The van der Waals surface area contributed by atoms with Crippen molar-refractivity contribution in [3.8, 4) is 0 Å². The van der Waals surface area contributed by atoms with Crippen molar-refractivity contribution in [2.75, 3.05) is 4.90 Å². The fourth-order valence-corrected chi connectivity index (χ4v) is 4.70. The first-order valence-corrected chi connectivity index (χ1v) is 8.47. The largest absolute Gasteiger partial charge is 0.478 e. The molecule has 0 aromatic heterocycles. The van der Waals surface area contributed by atoms with Gasteiger partial charge in [0.05, 0.1) is 28.1 Å². The molecule has 4 rings (SSSR count). The molecule has 2 bridgehead atoms. The summed E-state index contributed by atoms with van der Waals surface area (Å²) < 4.78 is 0. The number of amides is 2. The Balaban J connectivity index is 1.76. The summed E-state index contributed by atoms with van der Waals surface area (Å²) in [5, 5.41) is 9.30. The molecule has 1 aliphatic heterocycles. The van der Waals surface area contributed by atoms with Crippen molar-refractivity contribution in [2.45, 2.75) is 13.8 Å². The van der Waals surface area contributed by atoms with E-state index in [1.165, 1.54) is 23.8 Å². The van der Waals surface area contributed by atoms with Crippen molar-refractivity contribution < 1.29 is 19.5 Å². The van der Waals surface area contributed by atoms with Gasteiger partial charge in [-0.25, -0.2) is 9.69 Å². The van der Waals surface area contributed by atoms with E-state index in [4.69, 9.17) is 11.6 Å². The number of carboxylic acid groups (broad SMARTS) is 1. The number of rotatable bonds is 2. The average Bonchev–Trinajstić information content (AvgIpc) is 3.18. The van der Waals surface area contributed by atoms with Gasteiger partial charge in [-0.2, -0.15) is 0 Å². The van der Waals surface area contributed by atoms with E-state index in [1.54, 1.807) is 0 Å². The molecule has 1 N–H and O–H groups in total. The van der Waals surface area contributed by atoms with Crippen molar-refractivity contribution in [3.05, 3.63) is 52.1 Å². The number of halogens is 1. The summed E-state index contributed by atoms with van der Waals surface area (Å²) in [4.78, 5) is 38.4. The van der Waals surface area contributed by atoms with Crippen LogP contribution < -0.4 is 4.90 Å². The predicted octanol–water partition coefficient (Wildman–Crippen LogP) is 3.30. The zero-order valence-corrected chi connectivity index (χ0v) is 14.4. The number of nitrogens with zero attached hydrogens (tertiary/aromatic N) is 1. The third-order valence-corrected chi connectivity index (χ3v) is 5.76. The average molecular weight is 358 g/mol. The summed E-state index contributed by atoms with van der Waals surface area (Å²) in [6.45, 7) is 4.02. The van der Waals surface area contributed by atoms with Gasteiger partial charge in [-0.05, 0) is 32.0 Å².